The Balaban J connectivity index is 0.000000771. The smallest absolute Gasteiger partial charge is 0.315 e. The molecule has 0 aliphatic carbocycles. The average Bonchev–Trinajstić information content (AvgIpc) is 2.87. The van der Waals surface area contributed by atoms with Crippen molar-refractivity contribution in [1.82, 2.24) is 10.6 Å². The van der Waals surface area contributed by atoms with Gasteiger partial charge < -0.3 is 15.4 Å². The molecule has 0 radical (unpaired) electrons. The first kappa shape index (κ1) is 15.3. The quantitative estimate of drug-likeness (QED) is 0.596. The number of nitrogens with one attached hydrogen (secondary N) is 2. The van der Waals surface area contributed by atoms with Crippen molar-refractivity contribution in [2.24, 2.45) is 0 Å². The number of carbonyl (C=O) groups is 2. The van der Waals surface area contributed by atoms with Crippen molar-refractivity contribution in [3.8, 4) is 0 Å². The van der Waals surface area contributed by atoms with Gasteiger partial charge in [0.15, 0.2) is 0 Å². The molecule has 2 rings (SSSR count). The molecule has 2 aliphatic rings. The van der Waals surface area contributed by atoms with Crippen LogP contribution in [-0.2, 0) is 4.79 Å². The first-order valence-corrected chi connectivity index (χ1v) is 7.90. The highest BCUT2D eigenvalue weighted by molar-refractivity contribution is 8.00. The summed E-state index contributed by atoms with van der Waals surface area (Å²) < 4.78 is 0. The van der Waals surface area contributed by atoms with E-state index < -0.39 is 0 Å². The van der Waals surface area contributed by atoms with Crippen molar-refractivity contribution in [3.05, 3.63) is 0 Å². The van der Waals surface area contributed by atoms with Crippen molar-refractivity contribution in [2.45, 2.75) is 63.8 Å². The fraction of sp³-hybridized carbons (Fsp3) is 0.846. The Morgan fingerprint density at radius 1 is 1.33 bits per heavy atom. The number of amides is 2. The van der Waals surface area contributed by atoms with Crippen LogP contribution < -0.4 is 10.6 Å². The molecular weight excluding hydrogens is 248 g/mol. The maximum Gasteiger partial charge on any atom is 0.315 e. The van der Waals surface area contributed by atoms with Gasteiger partial charge in [-0.15, -0.1) is 0 Å². The van der Waals surface area contributed by atoms with Crippen LogP contribution in [0.5, 0.6) is 0 Å². The van der Waals surface area contributed by atoms with Crippen molar-refractivity contribution >= 4 is 23.6 Å². The van der Waals surface area contributed by atoms with E-state index in [-0.39, 0.29) is 11.8 Å². The molecule has 104 valence electrons. The zero-order valence-electron chi connectivity index (χ0n) is 11.5. The van der Waals surface area contributed by atoms with E-state index >= 15 is 0 Å². The molecular formula is C13H24N2O2S. The van der Waals surface area contributed by atoms with Crippen molar-refractivity contribution in [1.29, 1.82) is 0 Å². The summed E-state index contributed by atoms with van der Waals surface area (Å²) in [6, 6.07) is 0.592. The molecule has 2 fully saturated rings. The second kappa shape index (κ2) is 7.67. The highest BCUT2D eigenvalue weighted by Crippen LogP contribution is 2.33. The summed E-state index contributed by atoms with van der Waals surface area (Å²) in [4.78, 5) is 21.9. The van der Waals surface area contributed by atoms with Crippen molar-refractivity contribution < 1.29 is 9.59 Å². The number of rotatable bonds is 5. The Hall–Kier alpha value is -0.710. The monoisotopic (exact) mass is 272 g/mol. The van der Waals surface area contributed by atoms with Crippen molar-refractivity contribution in [3.63, 3.8) is 0 Å². The molecule has 0 aromatic carbocycles. The number of hydrogen-bond acceptors (Lipinski definition) is 3. The molecule has 0 spiro atoms. The topological polar surface area (TPSA) is 58.2 Å². The molecule has 0 aromatic rings. The number of carbonyl (C=O) groups excluding carboxylic acids is 2. The highest BCUT2D eigenvalue weighted by Gasteiger charge is 2.42. The van der Waals surface area contributed by atoms with Crippen LogP contribution in [0.2, 0.25) is 0 Å². The molecule has 2 heterocycles. The Bertz CT molecular complexity index is 297. The van der Waals surface area contributed by atoms with Crippen LogP contribution in [0.3, 0.4) is 0 Å². The van der Waals surface area contributed by atoms with E-state index in [1.54, 1.807) is 6.92 Å². The van der Waals surface area contributed by atoms with Gasteiger partial charge in [-0.05, 0) is 19.8 Å². The van der Waals surface area contributed by atoms with E-state index in [0.717, 1.165) is 25.0 Å². The molecule has 4 nitrogen and oxygen atoms in total. The number of ketones is 1. The van der Waals surface area contributed by atoms with E-state index in [1.165, 1.54) is 0 Å². The lowest BCUT2D eigenvalue weighted by Gasteiger charge is -2.16. The number of Topliss-reactive ketones (excluding diaryl/α,β-unsaturated/α-hetero) is 1. The maximum absolute atomic E-state index is 11.1. The Morgan fingerprint density at radius 3 is 2.72 bits per heavy atom. The van der Waals surface area contributed by atoms with Gasteiger partial charge in [0.1, 0.15) is 5.78 Å². The van der Waals surface area contributed by atoms with Gasteiger partial charge in [0, 0.05) is 17.4 Å². The fourth-order valence-corrected chi connectivity index (χ4v) is 3.91. The van der Waals surface area contributed by atoms with E-state index in [2.05, 4.69) is 10.6 Å². The predicted octanol–water partition coefficient (Wildman–Crippen LogP) is 2.33. The van der Waals surface area contributed by atoms with Gasteiger partial charge in [-0.3, -0.25) is 0 Å². The third-order valence-electron chi connectivity index (χ3n) is 3.21. The predicted molar refractivity (Wildman–Crippen MR) is 76.0 cm³/mol. The van der Waals surface area contributed by atoms with Crippen molar-refractivity contribution in [2.75, 3.05) is 5.75 Å². The van der Waals surface area contributed by atoms with Crippen LogP contribution in [0.15, 0.2) is 0 Å². The molecule has 0 bridgehead atoms. The number of thioether (sulfide) groups is 1. The van der Waals surface area contributed by atoms with Crippen LogP contribution >= 0.6 is 11.8 Å². The zero-order valence-corrected chi connectivity index (χ0v) is 12.3. The van der Waals surface area contributed by atoms with Gasteiger partial charge in [-0.2, -0.15) is 11.8 Å². The van der Waals surface area contributed by atoms with Crippen LogP contribution in [0, 0.1) is 0 Å². The number of urea groups is 1. The summed E-state index contributed by atoms with van der Waals surface area (Å²) in [5.74, 6) is 1.29. The molecule has 5 heteroatoms. The van der Waals surface area contributed by atoms with Gasteiger partial charge >= 0.3 is 6.03 Å². The minimum atomic E-state index is -0.0240. The Morgan fingerprint density at radius 2 is 2.06 bits per heavy atom. The second-order valence-electron chi connectivity index (χ2n) is 4.57. The molecule has 2 N–H and O–H groups in total. The molecule has 3 unspecified atom stereocenters. The summed E-state index contributed by atoms with van der Waals surface area (Å²) in [7, 11) is 0. The zero-order chi connectivity index (χ0) is 13.5. The molecule has 2 aliphatic heterocycles. The summed E-state index contributed by atoms with van der Waals surface area (Å²) in [5.41, 5.74) is 0. The van der Waals surface area contributed by atoms with E-state index in [4.69, 9.17) is 0 Å². The Kier molecular flexibility index (Phi) is 6.54. The van der Waals surface area contributed by atoms with Gasteiger partial charge in [-0.25, -0.2) is 4.79 Å². The molecule has 3 atom stereocenters. The van der Waals surface area contributed by atoms with E-state index in [1.807, 2.05) is 25.6 Å². The first-order chi connectivity index (χ1) is 8.66. The number of unbranched alkanes of at least 4 members (excludes halogenated alkanes) is 1. The second-order valence-corrected chi connectivity index (χ2v) is 5.84. The molecule has 2 amide bonds. The van der Waals surface area contributed by atoms with Crippen LogP contribution in [0.1, 0.15) is 46.5 Å². The minimum Gasteiger partial charge on any atom is -0.332 e. The third kappa shape index (κ3) is 4.19. The summed E-state index contributed by atoms with van der Waals surface area (Å²) >= 11 is 1.93. The Labute approximate surface area is 114 Å². The van der Waals surface area contributed by atoms with Crippen LogP contribution in [-0.4, -0.2) is 34.9 Å². The van der Waals surface area contributed by atoms with Gasteiger partial charge in [0.25, 0.3) is 0 Å². The number of fused-ring (bicyclic) bond motifs is 1. The standard InChI is InChI=1S/C11H18N2O2S.C2H6/c1-7(14)4-2-3-5-9-10-8(6-16-9)12-11(15)13-10;1-2/h8-10H,2-6H2,1H3,(H2,12,13,15);1-2H3. The lowest BCUT2D eigenvalue weighted by Crippen LogP contribution is -2.36. The fourth-order valence-electron chi connectivity index (χ4n) is 2.36. The van der Waals surface area contributed by atoms with Crippen LogP contribution in [0.25, 0.3) is 0 Å². The van der Waals surface area contributed by atoms with E-state index in [0.29, 0.717) is 23.8 Å². The molecule has 2 saturated heterocycles. The maximum atomic E-state index is 11.1. The minimum absolute atomic E-state index is 0.0240. The SMILES string of the molecule is CC.CC(=O)CCCCC1SCC2NC(=O)NC21. The van der Waals surface area contributed by atoms with Gasteiger partial charge in [0.2, 0.25) is 0 Å². The van der Waals surface area contributed by atoms with Crippen LogP contribution in [0.4, 0.5) is 4.79 Å². The largest absolute Gasteiger partial charge is 0.332 e. The highest BCUT2D eigenvalue weighted by atomic mass is 32.2. The average molecular weight is 272 g/mol. The van der Waals surface area contributed by atoms with E-state index in [9.17, 15) is 9.59 Å². The third-order valence-corrected chi connectivity index (χ3v) is 4.71. The lowest BCUT2D eigenvalue weighted by atomic mass is 10.0. The molecule has 0 aromatic heterocycles. The summed E-state index contributed by atoms with van der Waals surface area (Å²) in [5, 5.41) is 6.43. The normalized spacial score (nSPS) is 28.8. The van der Waals surface area contributed by atoms with Gasteiger partial charge in [-0.1, -0.05) is 20.3 Å². The first-order valence-electron chi connectivity index (χ1n) is 6.85. The molecule has 0 saturated carbocycles. The summed E-state index contributed by atoms with van der Waals surface area (Å²) in [6.07, 6.45) is 3.85. The molecule has 18 heavy (non-hydrogen) atoms. The number of hydrogen-bond donors (Lipinski definition) is 2. The summed E-state index contributed by atoms with van der Waals surface area (Å²) in [6.45, 7) is 5.64. The lowest BCUT2D eigenvalue weighted by molar-refractivity contribution is -0.117. The van der Waals surface area contributed by atoms with Gasteiger partial charge in [0.05, 0.1) is 12.1 Å².